The van der Waals surface area contributed by atoms with Crippen molar-refractivity contribution in [3.05, 3.63) is 39.7 Å². The predicted molar refractivity (Wildman–Crippen MR) is 63.6 cm³/mol. The van der Waals surface area contributed by atoms with Crippen LogP contribution in [0.2, 0.25) is 0 Å². The molecule has 1 aromatic carbocycles. The van der Waals surface area contributed by atoms with Crippen molar-refractivity contribution in [3.63, 3.8) is 0 Å². The van der Waals surface area contributed by atoms with Gasteiger partial charge in [0.25, 0.3) is 0 Å². The number of alkyl halides is 1. The van der Waals surface area contributed by atoms with E-state index in [1.165, 1.54) is 12.1 Å². The quantitative estimate of drug-likeness (QED) is 0.623. The second-order valence-corrected chi connectivity index (χ2v) is 4.28. The van der Waals surface area contributed by atoms with Gasteiger partial charge < -0.3 is 0 Å². The van der Waals surface area contributed by atoms with Gasteiger partial charge in [-0.2, -0.15) is 0 Å². The topological polar surface area (TPSA) is 30.7 Å². The van der Waals surface area contributed by atoms with Crippen LogP contribution < -0.4 is 0 Å². The van der Waals surface area contributed by atoms with Gasteiger partial charge in [0.1, 0.15) is 12.1 Å². The van der Waals surface area contributed by atoms with Crippen LogP contribution in [0.4, 0.5) is 4.39 Å². The molecule has 0 aliphatic rings. The molecule has 0 N–H and O–H groups in total. The van der Waals surface area contributed by atoms with Crippen molar-refractivity contribution in [2.75, 3.05) is 0 Å². The third kappa shape index (κ3) is 2.12. The Balaban J connectivity index is 2.54. The smallest absolute Gasteiger partial charge is 0.152 e. The van der Waals surface area contributed by atoms with Gasteiger partial charge in [-0.15, -0.1) is 21.8 Å². The van der Waals surface area contributed by atoms with E-state index in [0.717, 1.165) is 9.26 Å². The van der Waals surface area contributed by atoms with Gasteiger partial charge in [-0.1, -0.05) is 0 Å². The number of aromatic nitrogens is 3. The first-order valence-electron chi connectivity index (χ1n) is 4.12. The number of hydrogen-bond acceptors (Lipinski definition) is 2. The summed E-state index contributed by atoms with van der Waals surface area (Å²) in [7, 11) is 0. The minimum atomic E-state index is -0.261. The molecule has 0 radical (unpaired) electrons. The van der Waals surface area contributed by atoms with Crippen molar-refractivity contribution in [1.82, 2.24) is 14.8 Å². The summed E-state index contributed by atoms with van der Waals surface area (Å²) in [4.78, 5) is 0. The van der Waals surface area contributed by atoms with Crippen LogP contribution in [0.3, 0.4) is 0 Å². The average Bonchev–Trinajstić information content (AvgIpc) is 2.65. The highest BCUT2D eigenvalue weighted by Crippen LogP contribution is 2.19. The fourth-order valence-corrected chi connectivity index (χ4v) is 2.15. The number of nitrogens with zero attached hydrogens (tertiary/aromatic N) is 3. The van der Waals surface area contributed by atoms with E-state index in [4.69, 9.17) is 11.6 Å². The van der Waals surface area contributed by atoms with Crippen LogP contribution in [0.15, 0.2) is 24.5 Å². The van der Waals surface area contributed by atoms with E-state index in [9.17, 15) is 4.39 Å². The summed E-state index contributed by atoms with van der Waals surface area (Å²) in [6, 6.07) is 4.53. The molecule has 15 heavy (non-hydrogen) atoms. The zero-order chi connectivity index (χ0) is 10.8. The SMILES string of the molecule is Fc1ccc(-n2cnnc2CCl)c(I)c1. The van der Waals surface area contributed by atoms with Crippen LogP contribution in [-0.2, 0) is 5.88 Å². The van der Waals surface area contributed by atoms with Crippen molar-refractivity contribution in [3.8, 4) is 5.69 Å². The van der Waals surface area contributed by atoms with Gasteiger partial charge in [0.15, 0.2) is 5.82 Å². The summed E-state index contributed by atoms with van der Waals surface area (Å²) in [5, 5.41) is 7.62. The van der Waals surface area contributed by atoms with E-state index in [-0.39, 0.29) is 11.7 Å². The first-order chi connectivity index (χ1) is 7.22. The van der Waals surface area contributed by atoms with Gasteiger partial charge in [0.2, 0.25) is 0 Å². The lowest BCUT2D eigenvalue weighted by atomic mass is 10.3. The first kappa shape index (κ1) is 10.8. The first-order valence-corrected chi connectivity index (χ1v) is 5.74. The van der Waals surface area contributed by atoms with Gasteiger partial charge in [0.05, 0.1) is 11.6 Å². The molecular formula is C9H6ClFIN3. The molecule has 2 aromatic rings. The maximum atomic E-state index is 12.9. The Bertz CT molecular complexity index is 486. The third-order valence-corrected chi connectivity index (χ3v) is 3.01. The summed E-state index contributed by atoms with van der Waals surface area (Å²) >= 11 is 7.77. The molecule has 6 heteroatoms. The second kappa shape index (κ2) is 4.44. The molecule has 0 saturated heterocycles. The number of halogens is 3. The Hall–Kier alpha value is -0.690. The lowest BCUT2D eigenvalue weighted by Gasteiger charge is -2.06. The maximum Gasteiger partial charge on any atom is 0.152 e. The number of hydrogen-bond donors (Lipinski definition) is 0. The Kier molecular flexibility index (Phi) is 3.20. The monoisotopic (exact) mass is 337 g/mol. The Morgan fingerprint density at radius 1 is 1.47 bits per heavy atom. The van der Waals surface area contributed by atoms with Crippen molar-refractivity contribution in [2.24, 2.45) is 0 Å². The van der Waals surface area contributed by atoms with Gasteiger partial charge in [-0.05, 0) is 40.8 Å². The average molecular weight is 338 g/mol. The van der Waals surface area contributed by atoms with Crippen molar-refractivity contribution in [1.29, 1.82) is 0 Å². The van der Waals surface area contributed by atoms with Crippen molar-refractivity contribution >= 4 is 34.2 Å². The molecular weight excluding hydrogens is 331 g/mol. The minimum Gasteiger partial charge on any atom is -0.284 e. The maximum absolute atomic E-state index is 12.9. The molecule has 0 aliphatic heterocycles. The molecule has 0 aliphatic carbocycles. The van der Waals surface area contributed by atoms with Gasteiger partial charge in [-0.3, -0.25) is 4.57 Å². The molecule has 1 heterocycles. The lowest BCUT2D eigenvalue weighted by molar-refractivity contribution is 0.626. The highest BCUT2D eigenvalue weighted by molar-refractivity contribution is 14.1. The van der Waals surface area contributed by atoms with Gasteiger partial charge >= 0.3 is 0 Å². The Morgan fingerprint density at radius 2 is 2.27 bits per heavy atom. The lowest BCUT2D eigenvalue weighted by Crippen LogP contribution is -2.00. The largest absolute Gasteiger partial charge is 0.284 e. The predicted octanol–water partition coefficient (Wildman–Crippen LogP) is 2.75. The summed E-state index contributed by atoms with van der Waals surface area (Å²) in [6.07, 6.45) is 1.56. The molecule has 0 saturated carbocycles. The molecule has 0 fully saturated rings. The molecule has 2 rings (SSSR count). The van der Waals surface area contributed by atoms with Crippen LogP contribution in [0, 0.1) is 9.39 Å². The van der Waals surface area contributed by atoms with E-state index in [2.05, 4.69) is 32.8 Å². The molecule has 0 bridgehead atoms. The van der Waals surface area contributed by atoms with Crippen molar-refractivity contribution in [2.45, 2.75) is 5.88 Å². The van der Waals surface area contributed by atoms with E-state index >= 15 is 0 Å². The van der Waals surface area contributed by atoms with Crippen LogP contribution in [0.1, 0.15) is 5.82 Å². The third-order valence-electron chi connectivity index (χ3n) is 1.91. The molecule has 0 atom stereocenters. The fourth-order valence-electron chi connectivity index (χ4n) is 1.23. The molecule has 78 valence electrons. The summed E-state index contributed by atoms with van der Waals surface area (Å²) in [6.45, 7) is 0. The van der Waals surface area contributed by atoms with E-state index < -0.39 is 0 Å². The second-order valence-electron chi connectivity index (χ2n) is 2.85. The van der Waals surface area contributed by atoms with E-state index in [0.29, 0.717) is 5.82 Å². The molecule has 0 spiro atoms. The fraction of sp³-hybridized carbons (Fsp3) is 0.111. The van der Waals surface area contributed by atoms with E-state index in [1.807, 2.05) is 0 Å². The van der Waals surface area contributed by atoms with Crippen LogP contribution in [0.5, 0.6) is 0 Å². The zero-order valence-corrected chi connectivity index (χ0v) is 10.4. The minimum absolute atomic E-state index is 0.261. The van der Waals surface area contributed by atoms with Crippen LogP contribution in [-0.4, -0.2) is 14.8 Å². The van der Waals surface area contributed by atoms with Crippen molar-refractivity contribution < 1.29 is 4.39 Å². The molecule has 3 nitrogen and oxygen atoms in total. The van der Waals surface area contributed by atoms with Crippen LogP contribution >= 0.6 is 34.2 Å². The Labute approximate surface area is 104 Å². The summed E-state index contributed by atoms with van der Waals surface area (Å²) in [5.41, 5.74) is 0.831. The highest BCUT2D eigenvalue weighted by atomic mass is 127. The van der Waals surface area contributed by atoms with Crippen LogP contribution in [0.25, 0.3) is 5.69 Å². The summed E-state index contributed by atoms with van der Waals surface area (Å²) in [5.74, 6) is 0.651. The molecule has 0 unspecified atom stereocenters. The molecule has 1 aromatic heterocycles. The zero-order valence-electron chi connectivity index (χ0n) is 7.49. The number of benzene rings is 1. The van der Waals surface area contributed by atoms with Gasteiger partial charge in [0, 0.05) is 3.57 Å². The standard InChI is InChI=1S/C9H6ClFIN3/c10-4-9-14-13-5-15(9)8-2-1-6(11)3-7(8)12/h1-3,5H,4H2. The normalized spacial score (nSPS) is 10.6. The van der Waals surface area contributed by atoms with E-state index in [1.54, 1.807) is 17.0 Å². The summed E-state index contributed by atoms with van der Waals surface area (Å²) < 4.78 is 15.4. The highest BCUT2D eigenvalue weighted by Gasteiger charge is 2.08. The number of rotatable bonds is 2. The molecule has 0 amide bonds. The Morgan fingerprint density at radius 3 is 2.93 bits per heavy atom. The van der Waals surface area contributed by atoms with Gasteiger partial charge in [-0.25, -0.2) is 4.39 Å².